The van der Waals surface area contributed by atoms with Crippen molar-refractivity contribution >= 4 is 23.6 Å². The Labute approximate surface area is 218 Å². The molecule has 2 rings (SSSR count). The fraction of sp³-hybridized carbons (Fsp3) is 0.500. The number of hydrogen-bond acceptors (Lipinski definition) is 6. The maximum Gasteiger partial charge on any atom is 0.220 e. The molecule has 0 saturated heterocycles. The highest BCUT2D eigenvalue weighted by atomic mass is 32.2. The molecule has 0 aliphatic rings. The van der Waals surface area contributed by atoms with Crippen LogP contribution in [-0.4, -0.2) is 45.9 Å². The molecule has 8 heteroatoms. The number of nitrogens with one attached hydrogen (secondary N) is 1. The van der Waals surface area contributed by atoms with Gasteiger partial charge in [0.25, 0.3) is 0 Å². The van der Waals surface area contributed by atoms with Crippen molar-refractivity contribution in [1.29, 1.82) is 0 Å². The lowest BCUT2D eigenvalue weighted by atomic mass is 9.97. The van der Waals surface area contributed by atoms with Gasteiger partial charge in [-0.1, -0.05) is 38.1 Å². The topological polar surface area (TPSA) is 122 Å². The monoisotopic (exact) mass is 516 g/mol. The van der Waals surface area contributed by atoms with Gasteiger partial charge in [-0.25, -0.2) is 0 Å². The lowest BCUT2D eigenvalue weighted by Crippen LogP contribution is -2.27. The van der Waals surface area contributed by atoms with Crippen molar-refractivity contribution in [2.45, 2.75) is 76.4 Å². The zero-order chi connectivity index (χ0) is 26.5. The summed E-state index contributed by atoms with van der Waals surface area (Å²) in [5.74, 6) is 0.351. The van der Waals surface area contributed by atoms with E-state index in [0.29, 0.717) is 18.6 Å². The minimum Gasteiger partial charge on any atom is -0.508 e. The highest BCUT2D eigenvalue weighted by Gasteiger charge is 2.19. The number of thioether (sulfide) groups is 1. The van der Waals surface area contributed by atoms with Crippen LogP contribution in [-0.2, 0) is 22.4 Å². The Morgan fingerprint density at radius 1 is 1.08 bits per heavy atom. The molecule has 2 aromatic carbocycles. The van der Waals surface area contributed by atoms with E-state index in [4.69, 9.17) is 10.5 Å². The van der Waals surface area contributed by atoms with Crippen LogP contribution in [0.15, 0.2) is 36.4 Å². The maximum atomic E-state index is 11.8. The van der Waals surface area contributed by atoms with Crippen LogP contribution in [0, 0.1) is 6.92 Å². The number of carbonyl (C=O) groups is 2. The van der Waals surface area contributed by atoms with Gasteiger partial charge in [0.05, 0.1) is 6.61 Å². The average molecular weight is 517 g/mol. The molecule has 0 heterocycles. The quantitative estimate of drug-likeness (QED) is 0.248. The molecular formula is C28H40N2O5S. The zero-order valence-corrected chi connectivity index (χ0v) is 22.4. The lowest BCUT2D eigenvalue weighted by Gasteiger charge is -2.24. The Kier molecular flexibility index (Phi) is 12.6. The Morgan fingerprint density at radius 3 is 2.39 bits per heavy atom. The van der Waals surface area contributed by atoms with Crippen molar-refractivity contribution in [1.82, 2.24) is 5.32 Å². The first-order valence-electron chi connectivity index (χ1n) is 12.6. The van der Waals surface area contributed by atoms with Gasteiger partial charge in [0, 0.05) is 42.7 Å². The highest BCUT2D eigenvalue weighted by molar-refractivity contribution is 8.00. The first kappa shape index (κ1) is 29.5. The van der Waals surface area contributed by atoms with Crippen molar-refractivity contribution < 1.29 is 24.5 Å². The summed E-state index contributed by atoms with van der Waals surface area (Å²) < 4.78 is 6.33. The Hall–Kier alpha value is -2.71. The number of primary amides is 1. The number of nitrogens with two attached hydrogens (primary N) is 1. The van der Waals surface area contributed by atoms with Gasteiger partial charge >= 0.3 is 0 Å². The van der Waals surface area contributed by atoms with E-state index in [-0.39, 0.29) is 41.9 Å². The van der Waals surface area contributed by atoms with E-state index in [1.54, 1.807) is 23.9 Å². The molecule has 0 aliphatic carbocycles. The molecule has 0 saturated carbocycles. The van der Waals surface area contributed by atoms with E-state index in [0.717, 1.165) is 47.9 Å². The normalized spacial score (nSPS) is 12.7. The summed E-state index contributed by atoms with van der Waals surface area (Å²) in [6.45, 7) is 6.47. The highest BCUT2D eigenvalue weighted by Crippen LogP contribution is 2.34. The number of hydrogen-bond donors (Lipinski definition) is 4. The summed E-state index contributed by atoms with van der Waals surface area (Å²) >= 11 is 1.63. The van der Waals surface area contributed by atoms with Gasteiger partial charge in [-0.05, 0) is 55.4 Å². The minimum atomic E-state index is -0.424. The van der Waals surface area contributed by atoms with E-state index >= 15 is 0 Å². The van der Waals surface area contributed by atoms with Crippen LogP contribution in [0.2, 0.25) is 0 Å². The second-order valence-electron chi connectivity index (χ2n) is 8.96. The van der Waals surface area contributed by atoms with E-state index in [9.17, 15) is 19.8 Å². The predicted octanol–water partition coefficient (Wildman–Crippen LogP) is 4.22. The molecule has 0 bridgehead atoms. The van der Waals surface area contributed by atoms with Crippen molar-refractivity contribution in [3.63, 3.8) is 0 Å². The van der Waals surface area contributed by atoms with Gasteiger partial charge in [-0.2, -0.15) is 0 Å². The van der Waals surface area contributed by atoms with Crippen LogP contribution in [0.3, 0.4) is 0 Å². The van der Waals surface area contributed by atoms with E-state index < -0.39 is 5.91 Å². The van der Waals surface area contributed by atoms with Crippen molar-refractivity contribution in [2.75, 3.05) is 13.2 Å². The zero-order valence-electron chi connectivity index (χ0n) is 21.6. The number of amides is 2. The SMILES string of the molecule is CC[C@@H](CO)S[C@H](CC)Oc1cc(O)cc(C)c1Cc1ccc(CCCC(=O)NCCC(N)=O)cc1. The van der Waals surface area contributed by atoms with Crippen LogP contribution in [0.5, 0.6) is 11.5 Å². The number of benzene rings is 2. The smallest absolute Gasteiger partial charge is 0.220 e. The summed E-state index contributed by atoms with van der Waals surface area (Å²) in [5.41, 5.74) is 9.24. The summed E-state index contributed by atoms with van der Waals surface area (Å²) in [6.07, 6.45) is 4.38. The Bertz CT molecular complexity index is 977. The van der Waals surface area contributed by atoms with E-state index in [2.05, 4.69) is 43.4 Å². The number of phenols is 1. The van der Waals surface area contributed by atoms with Gasteiger partial charge in [0.15, 0.2) is 0 Å². The number of carbonyl (C=O) groups excluding carboxylic acids is 2. The number of aryl methyl sites for hydroxylation is 2. The number of aromatic hydroxyl groups is 1. The largest absolute Gasteiger partial charge is 0.508 e. The molecule has 2 atom stereocenters. The number of aliphatic hydroxyl groups excluding tert-OH is 1. The van der Waals surface area contributed by atoms with Gasteiger partial charge < -0.3 is 26.0 Å². The minimum absolute atomic E-state index is 0.0732. The van der Waals surface area contributed by atoms with Crippen LogP contribution < -0.4 is 15.8 Å². The van der Waals surface area contributed by atoms with Crippen molar-refractivity contribution in [2.24, 2.45) is 5.73 Å². The third kappa shape index (κ3) is 10.1. The first-order chi connectivity index (χ1) is 17.2. The predicted molar refractivity (Wildman–Crippen MR) is 145 cm³/mol. The van der Waals surface area contributed by atoms with Crippen molar-refractivity contribution in [3.8, 4) is 11.5 Å². The standard InChI is InChI=1S/C28H40N2O5S/c1-4-23(18-31)36-28(5-2)35-25-17-22(32)15-19(3)24(25)16-21-11-9-20(10-12-21)7-6-8-27(34)30-14-13-26(29)33/h9-12,15,17,23,28,31-32H,4-8,13-14,16,18H2,1-3H3,(H2,29,33)(H,30,34)/t23-,28+/m0/s1. The molecule has 2 aromatic rings. The molecule has 0 aromatic heterocycles. The molecule has 0 aliphatic heterocycles. The average Bonchev–Trinajstić information content (AvgIpc) is 2.84. The van der Waals surface area contributed by atoms with Crippen LogP contribution in [0.4, 0.5) is 0 Å². The molecule has 36 heavy (non-hydrogen) atoms. The van der Waals surface area contributed by atoms with Gasteiger partial charge in [-0.15, -0.1) is 11.8 Å². The molecule has 2 amide bonds. The molecular weight excluding hydrogens is 476 g/mol. The molecule has 5 N–H and O–H groups in total. The molecule has 198 valence electrons. The number of aliphatic hydroxyl groups is 1. The molecule has 7 nitrogen and oxygen atoms in total. The van der Waals surface area contributed by atoms with Gasteiger partial charge in [0.1, 0.15) is 16.9 Å². The molecule has 0 spiro atoms. The Morgan fingerprint density at radius 2 is 1.78 bits per heavy atom. The molecule has 0 radical (unpaired) electrons. The Balaban J connectivity index is 2.00. The second-order valence-corrected chi connectivity index (χ2v) is 10.4. The van der Waals surface area contributed by atoms with E-state index in [1.165, 1.54) is 0 Å². The van der Waals surface area contributed by atoms with Crippen LogP contribution in [0.1, 0.15) is 68.2 Å². The molecule has 0 fully saturated rings. The number of ether oxygens (including phenoxy) is 1. The number of rotatable bonds is 16. The van der Waals surface area contributed by atoms with Crippen LogP contribution in [0.25, 0.3) is 0 Å². The summed E-state index contributed by atoms with van der Waals surface area (Å²) in [7, 11) is 0. The van der Waals surface area contributed by atoms with Crippen LogP contribution >= 0.6 is 11.8 Å². The maximum absolute atomic E-state index is 11.8. The third-order valence-corrected chi connectivity index (χ3v) is 7.58. The summed E-state index contributed by atoms with van der Waals surface area (Å²) in [6, 6.07) is 11.8. The van der Waals surface area contributed by atoms with Gasteiger partial charge in [0.2, 0.25) is 11.8 Å². The fourth-order valence-electron chi connectivity index (χ4n) is 3.82. The van der Waals surface area contributed by atoms with Crippen molar-refractivity contribution in [3.05, 3.63) is 58.7 Å². The fourth-order valence-corrected chi connectivity index (χ4v) is 4.88. The first-order valence-corrected chi connectivity index (χ1v) is 13.6. The molecule has 0 unspecified atom stereocenters. The third-order valence-electron chi connectivity index (χ3n) is 5.98. The summed E-state index contributed by atoms with van der Waals surface area (Å²) in [5, 5.41) is 22.6. The van der Waals surface area contributed by atoms with E-state index in [1.807, 2.05) is 6.92 Å². The number of phenolic OH excluding ortho intramolecular Hbond substituents is 1. The lowest BCUT2D eigenvalue weighted by molar-refractivity contribution is -0.121. The van der Waals surface area contributed by atoms with Gasteiger partial charge in [-0.3, -0.25) is 9.59 Å². The summed E-state index contributed by atoms with van der Waals surface area (Å²) in [4.78, 5) is 22.6. The second kappa shape index (κ2) is 15.4.